The lowest BCUT2D eigenvalue weighted by Crippen LogP contribution is -2.45. The zero-order chi connectivity index (χ0) is 14.4. The van der Waals surface area contributed by atoms with E-state index in [9.17, 15) is 0 Å². The Morgan fingerprint density at radius 1 is 0.947 bits per heavy atom. The van der Waals surface area contributed by atoms with Crippen molar-refractivity contribution in [3.63, 3.8) is 0 Å². The van der Waals surface area contributed by atoms with Gasteiger partial charge in [0.05, 0.1) is 5.60 Å². The van der Waals surface area contributed by atoms with E-state index >= 15 is 0 Å². The van der Waals surface area contributed by atoms with Crippen LogP contribution in [-0.2, 0) is 14.2 Å². The van der Waals surface area contributed by atoms with Crippen LogP contribution in [0, 0.1) is 5.41 Å². The highest BCUT2D eigenvalue weighted by molar-refractivity contribution is 4.93. The fourth-order valence-electron chi connectivity index (χ4n) is 3.44. The largest absolute Gasteiger partial charge is 0.375 e. The van der Waals surface area contributed by atoms with Crippen LogP contribution < -0.4 is 0 Å². The van der Waals surface area contributed by atoms with Crippen LogP contribution in [0.4, 0.5) is 0 Å². The van der Waals surface area contributed by atoms with Crippen LogP contribution in [0.25, 0.3) is 0 Å². The van der Waals surface area contributed by atoms with E-state index in [4.69, 9.17) is 14.2 Å². The lowest BCUT2D eigenvalue weighted by molar-refractivity contribution is -0.193. The van der Waals surface area contributed by atoms with Crippen LogP contribution in [0.1, 0.15) is 66.7 Å². The molecular weight excluding hydrogens is 240 g/mol. The predicted molar refractivity (Wildman–Crippen MR) is 78.3 cm³/mol. The van der Waals surface area contributed by atoms with E-state index in [1.54, 1.807) is 0 Å². The van der Waals surface area contributed by atoms with Gasteiger partial charge in [0, 0.05) is 26.2 Å². The molecule has 1 fully saturated rings. The Morgan fingerprint density at radius 3 is 2.05 bits per heavy atom. The van der Waals surface area contributed by atoms with Gasteiger partial charge in [-0.1, -0.05) is 20.3 Å². The molecule has 0 radical (unpaired) electrons. The standard InChI is InChI=1S/C16H32O3/c1-6-17-14(18-7-2)12-16(19-8-3)11-9-10-15(4,5)13-16/h14H,6-13H2,1-5H3. The van der Waals surface area contributed by atoms with Crippen LogP contribution in [0.3, 0.4) is 0 Å². The molecule has 0 aromatic heterocycles. The van der Waals surface area contributed by atoms with E-state index in [-0.39, 0.29) is 11.9 Å². The van der Waals surface area contributed by atoms with Gasteiger partial charge in [0.15, 0.2) is 6.29 Å². The molecule has 19 heavy (non-hydrogen) atoms. The Labute approximate surface area is 119 Å². The molecule has 0 aromatic carbocycles. The zero-order valence-corrected chi connectivity index (χ0v) is 13.5. The fraction of sp³-hybridized carbons (Fsp3) is 1.00. The Balaban J connectivity index is 2.73. The van der Waals surface area contributed by atoms with Crippen molar-refractivity contribution in [1.29, 1.82) is 0 Å². The normalized spacial score (nSPS) is 26.8. The monoisotopic (exact) mass is 272 g/mol. The maximum absolute atomic E-state index is 6.17. The maximum atomic E-state index is 6.17. The summed E-state index contributed by atoms with van der Waals surface area (Å²) in [5.41, 5.74) is 0.294. The van der Waals surface area contributed by atoms with Gasteiger partial charge in [-0.25, -0.2) is 0 Å². The molecule has 3 heteroatoms. The SMILES string of the molecule is CCOC(CC1(OCC)CCCC(C)(C)C1)OCC. The minimum atomic E-state index is -0.129. The van der Waals surface area contributed by atoms with E-state index in [0.29, 0.717) is 18.6 Å². The molecule has 3 nitrogen and oxygen atoms in total. The van der Waals surface area contributed by atoms with Gasteiger partial charge in [0.1, 0.15) is 0 Å². The summed E-state index contributed by atoms with van der Waals surface area (Å²) in [6.07, 6.45) is 5.47. The highest BCUT2D eigenvalue weighted by atomic mass is 16.7. The molecule has 1 unspecified atom stereocenters. The molecule has 0 saturated heterocycles. The molecule has 0 heterocycles. The van der Waals surface area contributed by atoms with Gasteiger partial charge >= 0.3 is 0 Å². The second-order valence-electron chi connectivity index (χ2n) is 6.35. The first-order chi connectivity index (χ1) is 8.97. The second-order valence-corrected chi connectivity index (χ2v) is 6.35. The molecule has 0 aliphatic heterocycles. The fourth-order valence-corrected chi connectivity index (χ4v) is 3.44. The first kappa shape index (κ1) is 16.9. The maximum Gasteiger partial charge on any atom is 0.160 e. The van der Waals surface area contributed by atoms with Crippen molar-refractivity contribution in [2.24, 2.45) is 5.41 Å². The molecular formula is C16H32O3. The van der Waals surface area contributed by atoms with Gasteiger partial charge in [-0.15, -0.1) is 0 Å². The molecule has 0 aromatic rings. The lowest BCUT2D eigenvalue weighted by atomic mass is 9.68. The molecule has 0 spiro atoms. The summed E-state index contributed by atoms with van der Waals surface area (Å²) in [7, 11) is 0. The van der Waals surface area contributed by atoms with Crippen LogP contribution in [-0.4, -0.2) is 31.7 Å². The van der Waals surface area contributed by atoms with E-state index < -0.39 is 0 Å². The summed E-state index contributed by atoms with van der Waals surface area (Å²) in [5, 5.41) is 0. The third-order valence-corrected chi connectivity index (χ3v) is 3.98. The van der Waals surface area contributed by atoms with Crippen molar-refractivity contribution in [2.75, 3.05) is 19.8 Å². The molecule has 1 rings (SSSR count). The van der Waals surface area contributed by atoms with Crippen LogP contribution in [0.15, 0.2) is 0 Å². The summed E-state index contributed by atoms with van der Waals surface area (Å²) in [6.45, 7) is 13.0. The van der Waals surface area contributed by atoms with Crippen LogP contribution in [0.5, 0.6) is 0 Å². The predicted octanol–water partition coefficient (Wildman–Crippen LogP) is 4.15. The van der Waals surface area contributed by atoms with E-state index in [2.05, 4.69) is 20.8 Å². The van der Waals surface area contributed by atoms with E-state index in [0.717, 1.165) is 25.9 Å². The molecule has 1 aliphatic carbocycles. The summed E-state index contributed by atoms with van der Waals surface area (Å²) in [5.74, 6) is 0. The van der Waals surface area contributed by atoms with Gasteiger partial charge in [0.25, 0.3) is 0 Å². The lowest BCUT2D eigenvalue weighted by Gasteiger charge is -2.45. The third-order valence-electron chi connectivity index (χ3n) is 3.98. The first-order valence-corrected chi connectivity index (χ1v) is 7.84. The van der Waals surface area contributed by atoms with Crippen LogP contribution in [0.2, 0.25) is 0 Å². The van der Waals surface area contributed by atoms with Crippen LogP contribution >= 0.6 is 0 Å². The molecule has 0 amide bonds. The Kier molecular flexibility index (Phi) is 6.78. The van der Waals surface area contributed by atoms with Crippen molar-refractivity contribution in [1.82, 2.24) is 0 Å². The molecule has 1 aliphatic rings. The van der Waals surface area contributed by atoms with Crippen molar-refractivity contribution in [3.8, 4) is 0 Å². The molecule has 1 saturated carbocycles. The molecule has 1 atom stereocenters. The summed E-state index contributed by atoms with van der Waals surface area (Å²) >= 11 is 0. The summed E-state index contributed by atoms with van der Waals surface area (Å²) < 4.78 is 17.6. The Hall–Kier alpha value is -0.120. The minimum absolute atomic E-state index is 0.0640. The first-order valence-electron chi connectivity index (χ1n) is 7.84. The van der Waals surface area contributed by atoms with E-state index in [1.165, 1.54) is 12.8 Å². The van der Waals surface area contributed by atoms with Crippen molar-refractivity contribution in [2.45, 2.75) is 78.6 Å². The number of ether oxygens (including phenoxy) is 3. The Bertz CT molecular complexity index is 242. The molecule has 114 valence electrons. The van der Waals surface area contributed by atoms with Crippen molar-refractivity contribution in [3.05, 3.63) is 0 Å². The summed E-state index contributed by atoms with van der Waals surface area (Å²) in [4.78, 5) is 0. The zero-order valence-electron chi connectivity index (χ0n) is 13.5. The molecule has 0 bridgehead atoms. The van der Waals surface area contributed by atoms with Gasteiger partial charge in [0.2, 0.25) is 0 Å². The van der Waals surface area contributed by atoms with Crippen molar-refractivity contribution < 1.29 is 14.2 Å². The average molecular weight is 272 g/mol. The highest BCUT2D eigenvalue weighted by Crippen LogP contribution is 2.45. The average Bonchev–Trinajstić information content (AvgIpc) is 2.28. The topological polar surface area (TPSA) is 27.7 Å². The Morgan fingerprint density at radius 2 is 1.58 bits per heavy atom. The molecule has 0 N–H and O–H groups in total. The van der Waals surface area contributed by atoms with Gasteiger partial charge in [-0.2, -0.15) is 0 Å². The number of hydrogen-bond donors (Lipinski definition) is 0. The van der Waals surface area contributed by atoms with Gasteiger partial charge in [-0.05, 0) is 45.4 Å². The van der Waals surface area contributed by atoms with Crippen molar-refractivity contribution >= 4 is 0 Å². The number of hydrogen-bond acceptors (Lipinski definition) is 3. The van der Waals surface area contributed by atoms with E-state index in [1.807, 2.05) is 13.8 Å². The quantitative estimate of drug-likeness (QED) is 0.621. The number of rotatable bonds is 8. The smallest absolute Gasteiger partial charge is 0.160 e. The third kappa shape index (κ3) is 5.41. The second kappa shape index (κ2) is 7.61. The summed E-state index contributed by atoms with van der Waals surface area (Å²) in [6, 6.07) is 0. The minimum Gasteiger partial charge on any atom is -0.375 e. The highest BCUT2D eigenvalue weighted by Gasteiger charge is 2.42. The van der Waals surface area contributed by atoms with Gasteiger partial charge in [-0.3, -0.25) is 0 Å². The van der Waals surface area contributed by atoms with Gasteiger partial charge < -0.3 is 14.2 Å².